The molecule has 20 heavy (non-hydrogen) atoms. The standard InChI is InChI=1S/C15H22N2O2S/c18-15(10-20-11-4-7-16-8-5-11)17-13-2-1-3-14-12(13)6-9-19-14/h6,9,11,13,16H,1-5,7-8,10H2,(H,17,18). The fraction of sp³-hybridized carbons (Fsp3) is 0.667. The molecule has 0 saturated carbocycles. The highest BCUT2D eigenvalue weighted by Crippen LogP contribution is 2.30. The Labute approximate surface area is 124 Å². The van der Waals surface area contributed by atoms with Crippen molar-refractivity contribution in [3.05, 3.63) is 23.7 Å². The predicted octanol–water partition coefficient (Wildman–Crippen LogP) is 2.26. The van der Waals surface area contributed by atoms with Crippen LogP contribution >= 0.6 is 11.8 Å². The third kappa shape index (κ3) is 3.38. The molecule has 0 bridgehead atoms. The van der Waals surface area contributed by atoms with E-state index in [0.717, 1.165) is 38.1 Å². The van der Waals surface area contributed by atoms with E-state index in [9.17, 15) is 4.79 Å². The van der Waals surface area contributed by atoms with Crippen LogP contribution in [0.15, 0.2) is 16.7 Å². The quantitative estimate of drug-likeness (QED) is 0.894. The van der Waals surface area contributed by atoms with Gasteiger partial charge < -0.3 is 15.1 Å². The SMILES string of the molecule is O=C(CSC1CCNCC1)NC1CCCc2occc21. The molecule has 1 aliphatic heterocycles. The largest absolute Gasteiger partial charge is 0.469 e. The van der Waals surface area contributed by atoms with E-state index in [1.807, 2.05) is 6.07 Å². The second-order valence-electron chi connectivity index (χ2n) is 5.57. The first-order valence-corrected chi connectivity index (χ1v) is 8.56. The number of thioether (sulfide) groups is 1. The summed E-state index contributed by atoms with van der Waals surface area (Å²) in [6.07, 6.45) is 7.20. The van der Waals surface area contributed by atoms with Crippen LogP contribution in [-0.2, 0) is 11.2 Å². The molecule has 1 amide bonds. The summed E-state index contributed by atoms with van der Waals surface area (Å²) in [5, 5.41) is 7.15. The molecule has 2 aliphatic rings. The summed E-state index contributed by atoms with van der Waals surface area (Å²) in [6.45, 7) is 2.17. The van der Waals surface area contributed by atoms with Gasteiger partial charge in [0.1, 0.15) is 5.76 Å². The smallest absolute Gasteiger partial charge is 0.230 e. The molecule has 1 aliphatic carbocycles. The Bertz CT molecular complexity index is 454. The van der Waals surface area contributed by atoms with Crippen LogP contribution in [0.4, 0.5) is 0 Å². The minimum absolute atomic E-state index is 0.152. The summed E-state index contributed by atoms with van der Waals surface area (Å²) in [7, 11) is 0. The van der Waals surface area contributed by atoms with Gasteiger partial charge >= 0.3 is 0 Å². The molecule has 1 unspecified atom stereocenters. The van der Waals surface area contributed by atoms with E-state index in [-0.39, 0.29) is 11.9 Å². The van der Waals surface area contributed by atoms with Crippen LogP contribution in [0.1, 0.15) is 43.0 Å². The lowest BCUT2D eigenvalue weighted by Gasteiger charge is -2.24. The number of aryl methyl sites for hydroxylation is 1. The van der Waals surface area contributed by atoms with Crippen LogP contribution in [0.3, 0.4) is 0 Å². The third-order valence-electron chi connectivity index (χ3n) is 4.12. The fourth-order valence-electron chi connectivity index (χ4n) is 3.03. The van der Waals surface area contributed by atoms with Gasteiger partial charge in [-0.05, 0) is 44.8 Å². The van der Waals surface area contributed by atoms with Crippen molar-refractivity contribution in [2.24, 2.45) is 0 Å². The molecule has 0 radical (unpaired) electrons. The van der Waals surface area contributed by atoms with Crippen LogP contribution < -0.4 is 10.6 Å². The lowest BCUT2D eigenvalue weighted by molar-refractivity contribution is -0.119. The molecule has 4 nitrogen and oxygen atoms in total. The van der Waals surface area contributed by atoms with Gasteiger partial charge in [0.2, 0.25) is 5.91 Å². The van der Waals surface area contributed by atoms with Gasteiger partial charge in [-0.1, -0.05) is 0 Å². The molecular weight excluding hydrogens is 272 g/mol. The Morgan fingerprint density at radius 2 is 2.25 bits per heavy atom. The van der Waals surface area contributed by atoms with Gasteiger partial charge in [0, 0.05) is 17.2 Å². The zero-order chi connectivity index (χ0) is 13.8. The lowest BCUT2D eigenvalue weighted by Crippen LogP contribution is -2.33. The highest BCUT2D eigenvalue weighted by Gasteiger charge is 2.24. The number of piperidine rings is 1. The van der Waals surface area contributed by atoms with E-state index in [4.69, 9.17) is 4.42 Å². The number of furan rings is 1. The molecule has 1 aromatic rings. The highest BCUT2D eigenvalue weighted by atomic mass is 32.2. The van der Waals surface area contributed by atoms with E-state index in [2.05, 4.69) is 10.6 Å². The van der Waals surface area contributed by atoms with Crippen LogP contribution in [0, 0.1) is 0 Å². The molecule has 0 aromatic carbocycles. The van der Waals surface area contributed by atoms with Crippen LogP contribution in [-0.4, -0.2) is 30.0 Å². The molecule has 110 valence electrons. The topological polar surface area (TPSA) is 54.3 Å². The van der Waals surface area contributed by atoms with Gasteiger partial charge in [-0.2, -0.15) is 0 Å². The van der Waals surface area contributed by atoms with Crippen LogP contribution in [0.5, 0.6) is 0 Å². The number of carbonyl (C=O) groups is 1. The molecule has 1 fully saturated rings. The van der Waals surface area contributed by atoms with Gasteiger partial charge in [-0.25, -0.2) is 0 Å². The average molecular weight is 294 g/mol. The summed E-state index contributed by atoms with van der Waals surface area (Å²) >= 11 is 1.80. The lowest BCUT2D eigenvalue weighted by atomic mass is 9.93. The number of fused-ring (bicyclic) bond motifs is 1. The van der Waals surface area contributed by atoms with Crippen LogP contribution in [0.25, 0.3) is 0 Å². The third-order valence-corrected chi connectivity index (χ3v) is 5.50. The summed E-state index contributed by atoms with van der Waals surface area (Å²) in [6, 6.07) is 2.15. The minimum Gasteiger partial charge on any atom is -0.469 e. The first-order chi connectivity index (χ1) is 9.83. The molecule has 1 aromatic heterocycles. The van der Waals surface area contributed by atoms with Crippen molar-refractivity contribution in [1.82, 2.24) is 10.6 Å². The molecule has 1 saturated heterocycles. The number of hydrogen-bond acceptors (Lipinski definition) is 4. The highest BCUT2D eigenvalue weighted by molar-refractivity contribution is 8.00. The first-order valence-electron chi connectivity index (χ1n) is 7.51. The molecule has 0 spiro atoms. The van der Waals surface area contributed by atoms with Crippen molar-refractivity contribution in [3.63, 3.8) is 0 Å². The summed E-state index contributed by atoms with van der Waals surface area (Å²) in [4.78, 5) is 12.1. The minimum atomic E-state index is 0.152. The van der Waals surface area contributed by atoms with Crippen molar-refractivity contribution in [2.75, 3.05) is 18.8 Å². The number of carbonyl (C=O) groups excluding carboxylic acids is 1. The second kappa shape index (κ2) is 6.68. The van der Waals surface area contributed by atoms with Crippen molar-refractivity contribution >= 4 is 17.7 Å². The summed E-state index contributed by atoms with van der Waals surface area (Å²) in [5.41, 5.74) is 1.18. The van der Waals surface area contributed by atoms with Gasteiger partial charge in [-0.3, -0.25) is 4.79 Å². The van der Waals surface area contributed by atoms with Gasteiger partial charge in [0.05, 0.1) is 18.1 Å². The number of rotatable bonds is 4. The van der Waals surface area contributed by atoms with Crippen LogP contribution in [0.2, 0.25) is 0 Å². The van der Waals surface area contributed by atoms with E-state index in [1.54, 1.807) is 18.0 Å². The number of nitrogens with one attached hydrogen (secondary N) is 2. The first kappa shape index (κ1) is 14.0. The molecule has 1 atom stereocenters. The Morgan fingerprint density at radius 3 is 3.10 bits per heavy atom. The number of amides is 1. The maximum Gasteiger partial charge on any atom is 0.230 e. The molecule has 2 heterocycles. The summed E-state index contributed by atoms with van der Waals surface area (Å²) in [5.74, 6) is 1.79. The Balaban J connectivity index is 1.47. The predicted molar refractivity (Wildman–Crippen MR) is 80.9 cm³/mol. The molecule has 2 N–H and O–H groups in total. The Hall–Kier alpha value is -0.940. The fourth-order valence-corrected chi connectivity index (χ4v) is 4.07. The molecular formula is C15H22N2O2S. The van der Waals surface area contributed by atoms with Crippen molar-refractivity contribution in [3.8, 4) is 0 Å². The average Bonchev–Trinajstić information content (AvgIpc) is 2.96. The van der Waals surface area contributed by atoms with Crippen molar-refractivity contribution in [2.45, 2.75) is 43.4 Å². The second-order valence-corrected chi connectivity index (χ2v) is 6.86. The zero-order valence-corrected chi connectivity index (χ0v) is 12.5. The normalized spacial score (nSPS) is 23.3. The van der Waals surface area contributed by atoms with Gasteiger partial charge in [0.25, 0.3) is 0 Å². The molecule has 5 heteroatoms. The van der Waals surface area contributed by atoms with Gasteiger partial charge in [-0.15, -0.1) is 11.8 Å². The van der Waals surface area contributed by atoms with Gasteiger partial charge in [0.15, 0.2) is 0 Å². The maximum absolute atomic E-state index is 12.1. The summed E-state index contributed by atoms with van der Waals surface area (Å²) < 4.78 is 5.46. The Morgan fingerprint density at radius 1 is 1.40 bits per heavy atom. The zero-order valence-electron chi connectivity index (χ0n) is 11.7. The number of hydrogen-bond donors (Lipinski definition) is 2. The molecule has 3 rings (SSSR count). The van der Waals surface area contributed by atoms with Crippen molar-refractivity contribution in [1.29, 1.82) is 0 Å². The Kier molecular flexibility index (Phi) is 4.68. The maximum atomic E-state index is 12.1. The van der Waals surface area contributed by atoms with E-state index in [1.165, 1.54) is 18.4 Å². The van der Waals surface area contributed by atoms with E-state index >= 15 is 0 Å². The van der Waals surface area contributed by atoms with Crippen molar-refractivity contribution < 1.29 is 9.21 Å². The van der Waals surface area contributed by atoms with E-state index in [0.29, 0.717) is 11.0 Å². The van der Waals surface area contributed by atoms with E-state index < -0.39 is 0 Å². The monoisotopic (exact) mass is 294 g/mol.